The number of aliphatic hydroxyl groups excluding tert-OH is 2. The Hall–Kier alpha value is -0.160. The topological polar surface area (TPSA) is 58.9 Å². The lowest BCUT2D eigenvalue weighted by Crippen LogP contribution is -2.50. The Labute approximate surface area is 83.8 Å². The minimum absolute atomic E-state index is 0.0283. The molecule has 2 aliphatic heterocycles. The molecular formula is C10H18O4. The van der Waals surface area contributed by atoms with Crippen LogP contribution in [-0.2, 0) is 9.47 Å². The minimum Gasteiger partial charge on any atom is -0.393 e. The molecule has 0 saturated carbocycles. The van der Waals surface area contributed by atoms with E-state index in [1.807, 2.05) is 0 Å². The summed E-state index contributed by atoms with van der Waals surface area (Å²) in [5.41, 5.74) is -0.557. The van der Waals surface area contributed by atoms with Crippen LogP contribution in [0.1, 0.15) is 20.3 Å². The number of fused-ring (bicyclic) bond motifs is 2. The van der Waals surface area contributed by atoms with E-state index in [2.05, 4.69) is 13.8 Å². The Kier molecular flexibility index (Phi) is 2.55. The van der Waals surface area contributed by atoms with Gasteiger partial charge in [-0.3, -0.25) is 0 Å². The van der Waals surface area contributed by atoms with Crippen molar-refractivity contribution in [2.45, 2.75) is 38.3 Å². The first-order valence-electron chi connectivity index (χ1n) is 5.16. The van der Waals surface area contributed by atoms with E-state index in [0.29, 0.717) is 18.9 Å². The first-order valence-corrected chi connectivity index (χ1v) is 5.16. The van der Waals surface area contributed by atoms with Gasteiger partial charge in [-0.15, -0.1) is 0 Å². The third-order valence-corrected chi connectivity index (χ3v) is 3.35. The van der Waals surface area contributed by atoms with Crippen LogP contribution < -0.4 is 0 Å². The summed E-state index contributed by atoms with van der Waals surface area (Å²) in [7, 11) is 0. The van der Waals surface area contributed by atoms with E-state index in [-0.39, 0.29) is 12.5 Å². The lowest BCUT2D eigenvalue weighted by atomic mass is 9.79. The second kappa shape index (κ2) is 3.45. The predicted molar refractivity (Wildman–Crippen MR) is 49.6 cm³/mol. The molecule has 0 aromatic rings. The second-order valence-corrected chi connectivity index (χ2v) is 4.74. The van der Waals surface area contributed by atoms with Crippen molar-refractivity contribution in [2.75, 3.05) is 13.2 Å². The van der Waals surface area contributed by atoms with Crippen molar-refractivity contribution in [1.82, 2.24) is 0 Å². The average molecular weight is 202 g/mol. The molecule has 14 heavy (non-hydrogen) atoms. The Morgan fingerprint density at radius 3 is 2.79 bits per heavy atom. The van der Waals surface area contributed by atoms with Crippen LogP contribution in [0.15, 0.2) is 0 Å². The molecule has 2 heterocycles. The maximum Gasteiger partial charge on any atom is 0.184 e. The number of hydrogen-bond acceptors (Lipinski definition) is 4. The molecule has 2 N–H and O–H groups in total. The van der Waals surface area contributed by atoms with Gasteiger partial charge in [-0.1, -0.05) is 13.8 Å². The van der Waals surface area contributed by atoms with E-state index in [0.717, 1.165) is 0 Å². The highest BCUT2D eigenvalue weighted by Gasteiger charge is 2.52. The van der Waals surface area contributed by atoms with Crippen molar-refractivity contribution in [2.24, 2.45) is 11.8 Å². The summed E-state index contributed by atoms with van der Waals surface area (Å²) in [6.07, 6.45) is -0.417. The Bertz CT molecular complexity index is 218. The summed E-state index contributed by atoms with van der Waals surface area (Å²) in [6.45, 7) is 4.52. The normalized spacial score (nSPS) is 47.4. The van der Waals surface area contributed by atoms with Crippen LogP contribution in [-0.4, -0.2) is 41.4 Å². The summed E-state index contributed by atoms with van der Waals surface area (Å²) < 4.78 is 10.8. The maximum absolute atomic E-state index is 9.90. The highest BCUT2D eigenvalue weighted by Crippen LogP contribution is 2.41. The zero-order chi connectivity index (χ0) is 10.3. The lowest BCUT2D eigenvalue weighted by Gasteiger charge is -2.39. The molecule has 0 aromatic heterocycles. The van der Waals surface area contributed by atoms with Crippen LogP contribution in [0.2, 0.25) is 0 Å². The third kappa shape index (κ3) is 1.46. The number of ether oxygens (including phenoxy) is 2. The number of aliphatic hydroxyl groups is 2. The summed E-state index contributed by atoms with van der Waals surface area (Å²) in [4.78, 5) is 0. The van der Waals surface area contributed by atoms with Gasteiger partial charge in [0, 0.05) is 0 Å². The fourth-order valence-electron chi connectivity index (χ4n) is 2.35. The van der Waals surface area contributed by atoms with E-state index in [1.54, 1.807) is 0 Å². The number of rotatable bonds is 2. The van der Waals surface area contributed by atoms with Crippen LogP contribution in [0.3, 0.4) is 0 Å². The summed E-state index contributed by atoms with van der Waals surface area (Å²) in [6, 6.07) is 0. The smallest absolute Gasteiger partial charge is 0.184 e. The van der Waals surface area contributed by atoms with Gasteiger partial charge < -0.3 is 19.7 Å². The molecule has 0 aliphatic carbocycles. The molecular weight excluding hydrogens is 184 g/mol. The number of hydrogen-bond donors (Lipinski definition) is 2. The molecule has 0 amide bonds. The molecule has 0 radical (unpaired) electrons. The summed E-state index contributed by atoms with van der Waals surface area (Å²) in [5, 5.41) is 19.2. The second-order valence-electron chi connectivity index (χ2n) is 4.74. The van der Waals surface area contributed by atoms with Crippen LogP contribution in [0.5, 0.6) is 0 Å². The first kappa shape index (κ1) is 10.4. The molecule has 2 fully saturated rings. The monoisotopic (exact) mass is 202 g/mol. The third-order valence-electron chi connectivity index (χ3n) is 3.35. The van der Waals surface area contributed by atoms with E-state index in [1.165, 1.54) is 0 Å². The van der Waals surface area contributed by atoms with E-state index < -0.39 is 18.0 Å². The highest BCUT2D eigenvalue weighted by molar-refractivity contribution is 4.97. The zero-order valence-corrected chi connectivity index (χ0v) is 8.64. The molecule has 2 aliphatic rings. The van der Waals surface area contributed by atoms with Gasteiger partial charge in [-0.05, 0) is 18.3 Å². The van der Waals surface area contributed by atoms with Crippen molar-refractivity contribution in [1.29, 1.82) is 0 Å². The lowest BCUT2D eigenvalue weighted by molar-refractivity contribution is -0.214. The van der Waals surface area contributed by atoms with Gasteiger partial charge in [0.15, 0.2) is 6.29 Å². The molecule has 82 valence electrons. The van der Waals surface area contributed by atoms with Gasteiger partial charge in [-0.2, -0.15) is 0 Å². The zero-order valence-electron chi connectivity index (χ0n) is 8.64. The van der Waals surface area contributed by atoms with Gasteiger partial charge in [0.25, 0.3) is 0 Å². The van der Waals surface area contributed by atoms with Crippen LogP contribution >= 0.6 is 0 Å². The van der Waals surface area contributed by atoms with Crippen LogP contribution in [0, 0.1) is 11.8 Å². The van der Waals surface area contributed by atoms with Gasteiger partial charge in [0.05, 0.1) is 13.2 Å². The standard InChI is InChI=1S/C10H18O4/c1-6(2)7-3-10(4-11)5-13-9(14-10)8(7)12/h6-9,11-12H,3-5H2,1-2H3/t7-,8-,9+,10?/m0/s1. The molecule has 2 bridgehead atoms. The van der Waals surface area contributed by atoms with E-state index >= 15 is 0 Å². The molecule has 0 spiro atoms. The first-order chi connectivity index (χ1) is 6.58. The van der Waals surface area contributed by atoms with Crippen molar-refractivity contribution < 1.29 is 19.7 Å². The molecule has 4 atom stereocenters. The molecule has 4 nitrogen and oxygen atoms in total. The molecule has 4 heteroatoms. The van der Waals surface area contributed by atoms with E-state index in [9.17, 15) is 10.2 Å². The van der Waals surface area contributed by atoms with E-state index in [4.69, 9.17) is 9.47 Å². The largest absolute Gasteiger partial charge is 0.393 e. The Morgan fingerprint density at radius 2 is 2.21 bits per heavy atom. The fraction of sp³-hybridized carbons (Fsp3) is 1.00. The van der Waals surface area contributed by atoms with Crippen molar-refractivity contribution in [3.63, 3.8) is 0 Å². The highest BCUT2D eigenvalue weighted by atomic mass is 16.7. The van der Waals surface area contributed by atoms with Crippen molar-refractivity contribution in [3.05, 3.63) is 0 Å². The predicted octanol–water partition coefficient (Wildman–Crippen LogP) is 0.127. The summed E-state index contributed by atoms with van der Waals surface area (Å²) in [5.74, 6) is 0.535. The maximum atomic E-state index is 9.90. The summed E-state index contributed by atoms with van der Waals surface area (Å²) >= 11 is 0. The van der Waals surface area contributed by atoms with Crippen LogP contribution in [0.25, 0.3) is 0 Å². The molecule has 1 unspecified atom stereocenters. The Balaban J connectivity index is 2.16. The minimum atomic E-state index is -0.558. The molecule has 2 saturated heterocycles. The molecule has 2 rings (SSSR count). The van der Waals surface area contributed by atoms with Gasteiger partial charge in [0.1, 0.15) is 11.7 Å². The van der Waals surface area contributed by atoms with Crippen LogP contribution in [0.4, 0.5) is 0 Å². The van der Waals surface area contributed by atoms with Gasteiger partial charge >= 0.3 is 0 Å². The average Bonchev–Trinajstić information content (AvgIpc) is 2.53. The molecule has 0 aromatic carbocycles. The van der Waals surface area contributed by atoms with Gasteiger partial charge in [-0.25, -0.2) is 0 Å². The van der Waals surface area contributed by atoms with Crippen molar-refractivity contribution in [3.8, 4) is 0 Å². The van der Waals surface area contributed by atoms with Gasteiger partial charge in [0.2, 0.25) is 0 Å². The quantitative estimate of drug-likeness (QED) is 0.668. The van der Waals surface area contributed by atoms with Crippen molar-refractivity contribution >= 4 is 0 Å². The fourth-order valence-corrected chi connectivity index (χ4v) is 2.35. The Morgan fingerprint density at radius 1 is 1.50 bits per heavy atom. The SMILES string of the molecule is CC(C)[C@@H]1CC2(CO)CO[C@H](O2)[C@H]1O.